The lowest BCUT2D eigenvalue weighted by molar-refractivity contribution is 0.483. The molecule has 0 spiro atoms. The Balaban J connectivity index is 1.26. The summed E-state index contributed by atoms with van der Waals surface area (Å²) in [4.78, 5) is 12.0. The van der Waals surface area contributed by atoms with Gasteiger partial charge in [0, 0.05) is 34.3 Å². The Morgan fingerprint density at radius 1 is 0.600 bits per heavy atom. The zero-order chi connectivity index (χ0) is 34.4. The van der Waals surface area contributed by atoms with Crippen LogP contribution in [-0.4, -0.2) is 14.4 Å². The van der Waals surface area contributed by atoms with Gasteiger partial charge in [0.15, 0.2) is 0 Å². The minimum atomic E-state index is 0.372. The first-order chi connectivity index (χ1) is 24.4. The summed E-state index contributed by atoms with van der Waals surface area (Å²) < 4.78 is 8.99. The third-order valence-corrected chi connectivity index (χ3v) is 9.51. The van der Waals surface area contributed by atoms with Gasteiger partial charge < -0.3 is 4.74 Å². The molecule has 0 amide bonds. The Kier molecular flexibility index (Phi) is 8.04. The molecular formula is C45H40N4O. The third kappa shape index (κ3) is 5.55. The van der Waals surface area contributed by atoms with Crippen molar-refractivity contribution in [2.75, 3.05) is 4.90 Å². The van der Waals surface area contributed by atoms with Gasteiger partial charge in [0.05, 0.1) is 23.1 Å². The van der Waals surface area contributed by atoms with E-state index in [1.165, 1.54) is 22.1 Å². The summed E-state index contributed by atoms with van der Waals surface area (Å²) in [5, 5.41) is 3.38. The number of imidazole rings is 1. The molecule has 0 N–H and O–H groups in total. The quantitative estimate of drug-likeness (QED) is 0.153. The number of para-hydroxylation sites is 2. The number of fused-ring (bicyclic) bond motifs is 6. The second kappa shape index (κ2) is 12.8. The zero-order valence-corrected chi connectivity index (χ0v) is 29.1. The Hall–Kier alpha value is -5.94. The van der Waals surface area contributed by atoms with Crippen molar-refractivity contribution in [1.82, 2.24) is 14.4 Å². The smallest absolute Gasteiger partial charge is 0.145 e. The molecule has 0 aliphatic rings. The molecular weight excluding hydrogens is 613 g/mol. The van der Waals surface area contributed by atoms with Crippen LogP contribution in [0.15, 0.2) is 140 Å². The number of aromatic nitrogens is 3. The van der Waals surface area contributed by atoms with Crippen molar-refractivity contribution in [2.24, 2.45) is 0 Å². The molecule has 5 heteroatoms. The lowest BCUT2D eigenvalue weighted by atomic mass is 9.87. The van der Waals surface area contributed by atoms with Gasteiger partial charge in [-0.15, -0.1) is 0 Å². The fourth-order valence-electron chi connectivity index (χ4n) is 7.17. The monoisotopic (exact) mass is 652 g/mol. The van der Waals surface area contributed by atoms with Gasteiger partial charge in [-0.1, -0.05) is 88.4 Å². The maximum Gasteiger partial charge on any atom is 0.145 e. The summed E-state index contributed by atoms with van der Waals surface area (Å²) in [6.07, 6.45) is 3.91. The molecule has 0 unspecified atom stereocenters. The summed E-state index contributed by atoms with van der Waals surface area (Å²) in [6.45, 7) is 11.2. The molecule has 8 rings (SSSR count). The molecule has 5 nitrogen and oxygen atoms in total. The van der Waals surface area contributed by atoms with E-state index < -0.39 is 0 Å². The molecule has 0 saturated carbocycles. The number of hydrogen-bond donors (Lipinski definition) is 0. The molecule has 3 heterocycles. The van der Waals surface area contributed by atoms with Crippen LogP contribution in [-0.2, 0) is 0 Å². The SMILES string of the molecule is Cc1ccnc(N(c2ccccc2)c2cccc(Oc3ccc4c5ccccc5n5c(-c6c(C(C)C)cccc6C(C)C)cnc5c4c3)c2)c1. The molecule has 0 saturated heterocycles. The van der Waals surface area contributed by atoms with Gasteiger partial charge in [0.1, 0.15) is 23.0 Å². The van der Waals surface area contributed by atoms with E-state index in [9.17, 15) is 0 Å². The second-order valence-corrected chi connectivity index (χ2v) is 13.6. The number of nitrogens with zero attached hydrogens (tertiary/aromatic N) is 4. The van der Waals surface area contributed by atoms with Crippen LogP contribution >= 0.6 is 0 Å². The molecule has 0 aliphatic heterocycles. The molecule has 0 radical (unpaired) electrons. The lowest BCUT2D eigenvalue weighted by Crippen LogP contribution is -2.11. The second-order valence-electron chi connectivity index (χ2n) is 13.6. The minimum Gasteiger partial charge on any atom is -0.457 e. The molecule has 8 aromatic rings. The van der Waals surface area contributed by atoms with E-state index in [2.05, 4.69) is 141 Å². The van der Waals surface area contributed by atoms with Crippen LogP contribution < -0.4 is 9.64 Å². The molecule has 0 atom stereocenters. The van der Waals surface area contributed by atoms with Gasteiger partial charge in [0.2, 0.25) is 0 Å². The number of ether oxygens (including phenoxy) is 1. The number of pyridine rings is 2. The molecule has 0 aliphatic carbocycles. The van der Waals surface area contributed by atoms with E-state index >= 15 is 0 Å². The first-order valence-corrected chi connectivity index (χ1v) is 17.4. The van der Waals surface area contributed by atoms with Crippen molar-refractivity contribution in [2.45, 2.75) is 46.5 Å². The largest absolute Gasteiger partial charge is 0.457 e. The highest BCUT2D eigenvalue weighted by Crippen LogP contribution is 2.41. The zero-order valence-electron chi connectivity index (χ0n) is 29.1. The highest BCUT2D eigenvalue weighted by Gasteiger charge is 2.22. The van der Waals surface area contributed by atoms with Gasteiger partial charge in [0.25, 0.3) is 0 Å². The van der Waals surface area contributed by atoms with Crippen LogP contribution in [0.25, 0.3) is 38.6 Å². The summed E-state index contributed by atoms with van der Waals surface area (Å²) in [7, 11) is 0. The molecule has 50 heavy (non-hydrogen) atoms. The predicted molar refractivity (Wildman–Crippen MR) is 208 cm³/mol. The van der Waals surface area contributed by atoms with E-state index in [1.807, 2.05) is 42.6 Å². The topological polar surface area (TPSA) is 42.7 Å². The van der Waals surface area contributed by atoms with E-state index in [0.717, 1.165) is 61.9 Å². The molecule has 0 fully saturated rings. The van der Waals surface area contributed by atoms with Crippen LogP contribution in [0.3, 0.4) is 0 Å². The van der Waals surface area contributed by atoms with Crippen molar-refractivity contribution >= 4 is 44.5 Å². The molecule has 5 aromatic carbocycles. The Labute approximate surface area is 293 Å². The third-order valence-electron chi connectivity index (χ3n) is 9.51. The van der Waals surface area contributed by atoms with Gasteiger partial charge in [-0.05, 0) is 101 Å². The van der Waals surface area contributed by atoms with Crippen molar-refractivity contribution in [3.05, 3.63) is 156 Å². The van der Waals surface area contributed by atoms with Crippen molar-refractivity contribution in [3.63, 3.8) is 0 Å². The van der Waals surface area contributed by atoms with Crippen molar-refractivity contribution < 1.29 is 4.74 Å². The van der Waals surface area contributed by atoms with Gasteiger partial charge >= 0.3 is 0 Å². The summed E-state index contributed by atoms with van der Waals surface area (Å²) in [5.74, 6) is 3.08. The Bertz CT molecular complexity index is 2470. The van der Waals surface area contributed by atoms with Gasteiger partial charge in [-0.3, -0.25) is 9.30 Å². The number of hydrogen-bond acceptors (Lipinski definition) is 4. The first kappa shape index (κ1) is 31.3. The predicted octanol–water partition coefficient (Wildman–Crippen LogP) is 12.5. The average Bonchev–Trinajstić information content (AvgIpc) is 3.58. The molecule has 0 bridgehead atoms. The normalized spacial score (nSPS) is 11.7. The van der Waals surface area contributed by atoms with Crippen LogP contribution in [0.1, 0.15) is 56.2 Å². The van der Waals surface area contributed by atoms with Crippen LogP contribution in [0.4, 0.5) is 17.2 Å². The van der Waals surface area contributed by atoms with E-state index in [0.29, 0.717) is 11.8 Å². The summed E-state index contributed by atoms with van der Waals surface area (Å²) >= 11 is 0. The van der Waals surface area contributed by atoms with Gasteiger partial charge in [-0.2, -0.15) is 0 Å². The number of aryl methyl sites for hydroxylation is 1. The number of anilines is 3. The fraction of sp³-hybridized carbons (Fsp3) is 0.156. The highest BCUT2D eigenvalue weighted by molar-refractivity contribution is 6.12. The van der Waals surface area contributed by atoms with Gasteiger partial charge in [-0.25, -0.2) is 9.97 Å². The lowest BCUT2D eigenvalue weighted by Gasteiger charge is -2.25. The van der Waals surface area contributed by atoms with Crippen LogP contribution in [0.5, 0.6) is 11.5 Å². The van der Waals surface area contributed by atoms with E-state index in [1.54, 1.807) is 0 Å². The maximum absolute atomic E-state index is 6.64. The summed E-state index contributed by atoms with van der Waals surface area (Å²) in [5.41, 5.74) is 10.3. The average molecular weight is 653 g/mol. The van der Waals surface area contributed by atoms with Crippen molar-refractivity contribution in [1.29, 1.82) is 0 Å². The highest BCUT2D eigenvalue weighted by atomic mass is 16.5. The minimum absolute atomic E-state index is 0.372. The fourth-order valence-corrected chi connectivity index (χ4v) is 7.17. The molecule has 3 aromatic heterocycles. The van der Waals surface area contributed by atoms with Crippen molar-refractivity contribution in [3.8, 4) is 22.8 Å². The Morgan fingerprint density at radius 3 is 2.06 bits per heavy atom. The number of benzene rings is 5. The Morgan fingerprint density at radius 2 is 1.30 bits per heavy atom. The first-order valence-electron chi connectivity index (χ1n) is 17.4. The van der Waals surface area contributed by atoms with Crippen LogP contribution in [0.2, 0.25) is 0 Å². The summed E-state index contributed by atoms with van der Waals surface area (Å²) in [6, 6.07) is 44.3. The number of rotatable bonds is 8. The van der Waals surface area contributed by atoms with Crippen LogP contribution in [0, 0.1) is 6.92 Å². The maximum atomic E-state index is 6.64. The van der Waals surface area contributed by atoms with E-state index in [-0.39, 0.29) is 0 Å². The van der Waals surface area contributed by atoms with E-state index in [4.69, 9.17) is 14.7 Å². The molecule has 246 valence electrons. The standard InChI is InChI=1S/C45H40N4O/c1-29(2)36-18-12-19-37(30(3)4)44(36)42-28-47-45-40-27-35(21-22-38(40)39-17-9-10-20-41(39)49(42)45)50-34-16-11-15-33(26-34)48(32-13-7-6-8-14-32)43-25-31(5)23-24-46-43/h6-30H,1-5H3.